The van der Waals surface area contributed by atoms with Gasteiger partial charge in [-0.05, 0) is 50.5 Å². The van der Waals surface area contributed by atoms with Crippen molar-refractivity contribution in [2.75, 3.05) is 13.6 Å². The molecule has 0 unspecified atom stereocenters. The SMILES string of the molecule is CCCCCCCCC1(CNC)CCC(CCCC)CC1. The molecule has 0 aliphatic heterocycles. The van der Waals surface area contributed by atoms with Crippen LogP contribution in [-0.4, -0.2) is 13.6 Å². The molecule has 1 rings (SSSR count). The maximum atomic E-state index is 3.50. The lowest BCUT2D eigenvalue weighted by Gasteiger charge is -2.40. The van der Waals surface area contributed by atoms with Crippen molar-refractivity contribution < 1.29 is 0 Å². The van der Waals surface area contributed by atoms with Crippen molar-refractivity contribution in [2.24, 2.45) is 11.3 Å². The Hall–Kier alpha value is -0.0400. The molecule has 0 radical (unpaired) electrons. The van der Waals surface area contributed by atoms with Gasteiger partial charge in [0.2, 0.25) is 0 Å². The molecule has 0 aromatic carbocycles. The van der Waals surface area contributed by atoms with Gasteiger partial charge in [0.05, 0.1) is 0 Å². The highest BCUT2D eigenvalue weighted by molar-refractivity contribution is 4.87. The highest BCUT2D eigenvalue weighted by Crippen LogP contribution is 2.43. The second-order valence-electron chi connectivity index (χ2n) is 7.63. The number of nitrogens with one attached hydrogen (secondary N) is 1. The van der Waals surface area contributed by atoms with Crippen molar-refractivity contribution in [1.29, 1.82) is 0 Å². The van der Waals surface area contributed by atoms with Crippen LogP contribution < -0.4 is 5.32 Å². The standard InChI is InChI=1S/C20H41N/c1-4-6-8-9-10-11-15-20(18-21-3)16-13-19(14-17-20)12-7-5-2/h19,21H,4-18H2,1-3H3. The normalized spacial score (nSPS) is 26.1. The average Bonchev–Trinajstić information content (AvgIpc) is 2.51. The van der Waals surface area contributed by atoms with Crippen LogP contribution in [0.4, 0.5) is 0 Å². The van der Waals surface area contributed by atoms with Gasteiger partial charge < -0.3 is 5.32 Å². The molecule has 0 amide bonds. The first kappa shape index (κ1) is 19.0. The minimum absolute atomic E-state index is 0.641. The van der Waals surface area contributed by atoms with E-state index >= 15 is 0 Å². The molecule has 1 nitrogen and oxygen atoms in total. The van der Waals surface area contributed by atoms with Crippen molar-refractivity contribution in [3.8, 4) is 0 Å². The molecule has 0 aromatic rings. The third-order valence-corrected chi connectivity index (χ3v) is 5.74. The highest BCUT2D eigenvalue weighted by atomic mass is 14.8. The van der Waals surface area contributed by atoms with E-state index in [1.807, 2.05) is 0 Å². The fourth-order valence-corrected chi connectivity index (χ4v) is 4.24. The van der Waals surface area contributed by atoms with Gasteiger partial charge in [0, 0.05) is 6.54 Å². The second kappa shape index (κ2) is 11.5. The van der Waals surface area contributed by atoms with E-state index in [-0.39, 0.29) is 0 Å². The molecule has 1 N–H and O–H groups in total. The van der Waals surface area contributed by atoms with Crippen LogP contribution in [0.25, 0.3) is 0 Å². The van der Waals surface area contributed by atoms with E-state index in [0.29, 0.717) is 5.41 Å². The van der Waals surface area contributed by atoms with E-state index in [1.54, 1.807) is 0 Å². The van der Waals surface area contributed by atoms with Crippen molar-refractivity contribution in [3.63, 3.8) is 0 Å². The monoisotopic (exact) mass is 295 g/mol. The van der Waals surface area contributed by atoms with Gasteiger partial charge in [-0.2, -0.15) is 0 Å². The number of hydrogen-bond acceptors (Lipinski definition) is 1. The Kier molecular flexibility index (Phi) is 10.4. The zero-order valence-corrected chi connectivity index (χ0v) is 15.2. The van der Waals surface area contributed by atoms with Crippen molar-refractivity contribution >= 4 is 0 Å². The van der Waals surface area contributed by atoms with E-state index in [4.69, 9.17) is 0 Å². The van der Waals surface area contributed by atoms with E-state index in [0.717, 1.165) is 5.92 Å². The van der Waals surface area contributed by atoms with E-state index in [1.165, 1.54) is 96.4 Å². The number of rotatable bonds is 12. The summed E-state index contributed by atoms with van der Waals surface area (Å²) >= 11 is 0. The summed E-state index contributed by atoms with van der Waals surface area (Å²) in [6.07, 6.45) is 20.4. The van der Waals surface area contributed by atoms with E-state index in [9.17, 15) is 0 Å². The summed E-state index contributed by atoms with van der Waals surface area (Å²) in [4.78, 5) is 0. The van der Waals surface area contributed by atoms with Crippen LogP contribution in [0.3, 0.4) is 0 Å². The van der Waals surface area contributed by atoms with Crippen LogP contribution in [0.5, 0.6) is 0 Å². The summed E-state index contributed by atoms with van der Waals surface area (Å²) < 4.78 is 0. The van der Waals surface area contributed by atoms with Gasteiger partial charge in [-0.1, -0.05) is 71.6 Å². The Morgan fingerprint density at radius 3 is 2.10 bits per heavy atom. The van der Waals surface area contributed by atoms with Crippen molar-refractivity contribution in [2.45, 2.75) is 104 Å². The van der Waals surface area contributed by atoms with Crippen LogP contribution in [-0.2, 0) is 0 Å². The van der Waals surface area contributed by atoms with E-state index in [2.05, 4.69) is 26.2 Å². The second-order valence-corrected chi connectivity index (χ2v) is 7.63. The topological polar surface area (TPSA) is 12.0 Å². The highest BCUT2D eigenvalue weighted by Gasteiger charge is 2.33. The lowest BCUT2D eigenvalue weighted by molar-refractivity contribution is 0.126. The maximum Gasteiger partial charge on any atom is 0.000481 e. The molecule has 0 atom stereocenters. The molecular formula is C20H41N. The molecule has 0 heterocycles. The summed E-state index contributed by atoms with van der Waals surface area (Å²) in [6, 6.07) is 0. The third-order valence-electron chi connectivity index (χ3n) is 5.74. The molecule has 1 aliphatic carbocycles. The molecule has 1 saturated carbocycles. The fraction of sp³-hybridized carbons (Fsp3) is 1.00. The van der Waals surface area contributed by atoms with Crippen LogP contribution >= 0.6 is 0 Å². The molecular weight excluding hydrogens is 254 g/mol. The average molecular weight is 296 g/mol. The quantitative estimate of drug-likeness (QED) is 0.415. The zero-order valence-electron chi connectivity index (χ0n) is 15.2. The smallest absolute Gasteiger partial charge is 0.000481 e. The van der Waals surface area contributed by atoms with Crippen molar-refractivity contribution in [3.05, 3.63) is 0 Å². The first-order valence-electron chi connectivity index (χ1n) is 9.91. The van der Waals surface area contributed by atoms with Crippen molar-refractivity contribution in [1.82, 2.24) is 5.32 Å². The van der Waals surface area contributed by atoms with Crippen LogP contribution in [0, 0.1) is 11.3 Å². The molecule has 0 bridgehead atoms. The van der Waals surface area contributed by atoms with Crippen LogP contribution in [0.15, 0.2) is 0 Å². The van der Waals surface area contributed by atoms with Crippen LogP contribution in [0.2, 0.25) is 0 Å². The van der Waals surface area contributed by atoms with E-state index < -0.39 is 0 Å². The Bertz CT molecular complexity index is 228. The molecule has 1 aliphatic rings. The first-order chi connectivity index (χ1) is 10.3. The largest absolute Gasteiger partial charge is 0.319 e. The summed E-state index contributed by atoms with van der Waals surface area (Å²) in [5.74, 6) is 1.04. The molecule has 1 fully saturated rings. The molecule has 126 valence electrons. The number of hydrogen-bond donors (Lipinski definition) is 1. The fourth-order valence-electron chi connectivity index (χ4n) is 4.24. The van der Waals surface area contributed by atoms with Gasteiger partial charge in [-0.15, -0.1) is 0 Å². The summed E-state index contributed by atoms with van der Waals surface area (Å²) in [5.41, 5.74) is 0.641. The summed E-state index contributed by atoms with van der Waals surface area (Å²) in [7, 11) is 2.15. The Balaban J connectivity index is 2.25. The lowest BCUT2D eigenvalue weighted by Crippen LogP contribution is -2.36. The Morgan fingerprint density at radius 2 is 1.48 bits per heavy atom. The first-order valence-corrected chi connectivity index (χ1v) is 9.91. The van der Waals surface area contributed by atoms with Gasteiger partial charge in [0.25, 0.3) is 0 Å². The molecule has 21 heavy (non-hydrogen) atoms. The summed E-state index contributed by atoms with van der Waals surface area (Å²) in [5, 5.41) is 3.50. The molecule has 0 spiro atoms. The van der Waals surface area contributed by atoms with Gasteiger partial charge in [0.15, 0.2) is 0 Å². The minimum atomic E-state index is 0.641. The van der Waals surface area contributed by atoms with Gasteiger partial charge in [0.1, 0.15) is 0 Å². The Labute approximate surface area is 134 Å². The predicted molar refractivity (Wildman–Crippen MR) is 95.8 cm³/mol. The number of unbranched alkanes of at least 4 members (excludes halogenated alkanes) is 6. The summed E-state index contributed by atoms with van der Waals surface area (Å²) in [6.45, 7) is 5.88. The van der Waals surface area contributed by atoms with Gasteiger partial charge >= 0.3 is 0 Å². The van der Waals surface area contributed by atoms with Gasteiger partial charge in [-0.25, -0.2) is 0 Å². The Morgan fingerprint density at radius 1 is 0.857 bits per heavy atom. The predicted octanol–water partition coefficient (Wildman–Crippen LogP) is 6.32. The molecule has 0 aromatic heterocycles. The van der Waals surface area contributed by atoms with Crippen LogP contribution in [0.1, 0.15) is 104 Å². The molecule has 1 heteroatoms. The van der Waals surface area contributed by atoms with Gasteiger partial charge in [-0.3, -0.25) is 0 Å². The zero-order chi connectivity index (χ0) is 15.4. The third kappa shape index (κ3) is 7.68. The molecule has 0 saturated heterocycles. The minimum Gasteiger partial charge on any atom is -0.319 e. The maximum absolute atomic E-state index is 3.50. The lowest BCUT2D eigenvalue weighted by atomic mass is 9.67.